The minimum Gasteiger partial charge on any atom is -0.399 e. The molecule has 6 heteroatoms. The monoisotopic (exact) mass is 313 g/mol. The highest BCUT2D eigenvalue weighted by molar-refractivity contribution is 6.34. The Bertz CT molecular complexity index is 466. The van der Waals surface area contributed by atoms with Gasteiger partial charge in [-0.25, -0.2) is 0 Å². The van der Waals surface area contributed by atoms with E-state index in [-0.39, 0.29) is 5.91 Å². The number of rotatable bonds is 8. The van der Waals surface area contributed by atoms with Crippen LogP contribution in [-0.2, 0) is 9.53 Å². The second kappa shape index (κ2) is 8.87. The van der Waals surface area contributed by atoms with Gasteiger partial charge in [0.15, 0.2) is 0 Å². The molecule has 0 aliphatic carbocycles. The Morgan fingerprint density at radius 1 is 1.48 bits per heavy atom. The standard InChI is InChI=1S/C15H24ClN3O2/c1-11(2)9-19(6-7-21-3)10-15(20)18-14-5-4-12(17)8-13(14)16/h4-5,8,11H,6-7,9-10,17H2,1-3H3,(H,18,20). The van der Waals surface area contributed by atoms with Crippen LogP contribution in [0.15, 0.2) is 18.2 Å². The fourth-order valence-corrected chi connectivity index (χ4v) is 2.23. The lowest BCUT2D eigenvalue weighted by Crippen LogP contribution is -2.37. The number of ether oxygens (including phenoxy) is 1. The van der Waals surface area contributed by atoms with E-state index < -0.39 is 0 Å². The van der Waals surface area contributed by atoms with Crippen LogP contribution in [0.25, 0.3) is 0 Å². The average Bonchev–Trinajstić information content (AvgIpc) is 2.38. The molecule has 5 nitrogen and oxygen atoms in total. The van der Waals surface area contributed by atoms with Gasteiger partial charge in [0.25, 0.3) is 0 Å². The molecule has 0 aliphatic rings. The Morgan fingerprint density at radius 2 is 2.19 bits per heavy atom. The number of hydrogen-bond acceptors (Lipinski definition) is 4. The third-order valence-corrected chi connectivity index (χ3v) is 3.18. The van der Waals surface area contributed by atoms with Gasteiger partial charge in [0.1, 0.15) is 0 Å². The minimum absolute atomic E-state index is 0.0987. The first-order valence-electron chi connectivity index (χ1n) is 6.98. The second-order valence-corrected chi connectivity index (χ2v) is 5.82. The van der Waals surface area contributed by atoms with E-state index in [1.54, 1.807) is 25.3 Å². The summed E-state index contributed by atoms with van der Waals surface area (Å²) in [6.07, 6.45) is 0. The lowest BCUT2D eigenvalue weighted by atomic mass is 10.2. The summed E-state index contributed by atoms with van der Waals surface area (Å²) in [7, 11) is 1.65. The van der Waals surface area contributed by atoms with Crippen molar-refractivity contribution in [3.05, 3.63) is 23.2 Å². The molecule has 1 aromatic carbocycles. The van der Waals surface area contributed by atoms with Crippen LogP contribution in [0, 0.1) is 5.92 Å². The fourth-order valence-electron chi connectivity index (χ4n) is 2.00. The van der Waals surface area contributed by atoms with Gasteiger partial charge in [-0.1, -0.05) is 25.4 Å². The zero-order valence-corrected chi connectivity index (χ0v) is 13.6. The Labute approximate surface area is 131 Å². The topological polar surface area (TPSA) is 67.6 Å². The summed E-state index contributed by atoms with van der Waals surface area (Å²) in [4.78, 5) is 14.2. The predicted molar refractivity (Wildman–Crippen MR) is 87.6 cm³/mol. The summed E-state index contributed by atoms with van der Waals surface area (Å²) < 4.78 is 5.08. The van der Waals surface area contributed by atoms with E-state index in [0.717, 1.165) is 13.1 Å². The van der Waals surface area contributed by atoms with Crippen molar-refractivity contribution in [1.29, 1.82) is 0 Å². The van der Waals surface area contributed by atoms with Crippen LogP contribution in [0.4, 0.5) is 11.4 Å². The van der Waals surface area contributed by atoms with Crippen LogP contribution < -0.4 is 11.1 Å². The minimum atomic E-state index is -0.0987. The fraction of sp³-hybridized carbons (Fsp3) is 0.533. The lowest BCUT2D eigenvalue weighted by Gasteiger charge is -2.23. The van der Waals surface area contributed by atoms with Crippen molar-refractivity contribution >= 4 is 28.9 Å². The summed E-state index contributed by atoms with van der Waals surface area (Å²) in [5.74, 6) is 0.383. The molecule has 0 saturated heterocycles. The Balaban J connectivity index is 2.59. The van der Waals surface area contributed by atoms with Crippen LogP contribution in [0.1, 0.15) is 13.8 Å². The smallest absolute Gasteiger partial charge is 0.238 e. The number of nitrogens with one attached hydrogen (secondary N) is 1. The Hall–Kier alpha value is -1.30. The van der Waals surface area contributed by atoms with Gasteiger partial charge in [-0.05, 0) is 24.1 Å². The molecular weight excluding hydrogens is 290 g/mol. The molecule has 3 N–H and O–H groups in total. The third-order valence-electron chi connectivity index (χ3n) is 2.87. The summed E-state index contributed by atoms with van der Waals surface area (Å²) in [5.41, 5.74) is 6.77. The highest BCUT2D eigenvalue weighted by atomic mass is 35.5. The Kier molecular flexibility index (Phi) is 7.50. The van der Waals surface area contributed by atoms with Crippen molar-refractivity contribution in [2.45, 2.75) is 13.8 Å². The normalized spacial score (nSPS) is 11.1. The lowest BCUT2D eigenvalue weighted by molar-refractivity contribution is -0.117. The molecule has 1 aromatic rings. The molecule has 1 rings (SSSR count). The molecule has 0 spiro atoms. The SMILES string of the molecule is COCCN(CC(=O)Nc1ccc(N)cc1Cl)CC(C)C. The van der Waals surface area contributed by atoms with Gasteiger partial charge in [-0.3, -0.25) is 9.69 Å². The van der Waals surface area contributed by atoms with Crippen molar-refractivity contribution < 1.29 is 9.53 Å². The summed E-state index contributed by atoms with van der Waals surface area (Å²) in [6.45, 7) is 6.71. The molecule has 0 radical (unpaired) electrons. The van der Waals surface area contributed by atoms with E-state index in [1.165, 1.54) is 0 Å². The van der Waals surface area contributed by atoms with Crippen LogP contribution in [-0.4, -0.2) is 44.2 Å². The molecule has 118 valence electrons. The van der Waals surface area contributed by atoms with Crippen molar-refractivity contribution in [3.8, 4) is 0 Å². The van der Waals surface area contributed by atoms with Gasteiger partial charge in [0.05, 0.1) is 23.9 Å². The summed E-state index contributed by atoms with van der Waals surface area (Å²) in [6, 6.07) is 5.03. The van der Waals surface area contributed by atoms with Crippen molar-refractivity contribution in [2.24, 2.45) is 5.92 Å². The molecule has 0 atom stereocenters. The van der Waals surface area contributed by atoms with E-state index in [4.69, 9.17) is 22.1 Å². The van der Waals surface area contributed by atoms with Gasteiger partial charge in [-0.2, -0.15) is 0 Å². The van der Waals surface area contributed by atoms with Crippen molar-refractivity contribution in [1.82, 2.24) is 4.90 Å². The zero-order valence-electron chi connectivity index (χ0n) is 12.9. The molecule has 0 saturated carbocycles. The number of amides is 1. The molecule has 0 unspecified atom stereocenters. The Morgan fingerprint density at radius 3 is 2.76 bits per heavy atom. The number of carbonyl (C=O) groups is 1. The molecule has 0 aliphatic heterocycles. The predicted octanol–water partition coefficient (Wildman–Crippen LogP) is 2.47. The van der Waals surface area contributed by atoms with Gasteiger partial charge < -0.3 is 15.8 Å². The van der Waals surface area contributed by atoms with Crippen molar-refractivity contribution in [3.63, 3.8) is 0 Å². The number of halogens is 1. The number of carbonyl (C=O) groups excluding carboxylic acids is 1. The van der Waals surface area contributed by atoms with Gasteiger partial charge in [0, 0.05) is 25.9 Å². The number of hydrogen-bond donors (Lipinski definition) is 2. The maximum absolute atomic E-state index is 12.1. The number of nitrogens with two attached hydrogens (primary N) is 1. The highest BCUT2D eigenvalue weighted by Crippen LogP contribution is 2.23. The largest absolute Gasteiger partial charge is 0.399 e. The van der Waals surface area contributed by atoms with Crippen LogP contribution in [0.3, 0.4) is 0 Å². The molecule has 0 aromatic heterocycles. The van der Waals surface area contributed by atoms with E-state index >= 15 is 0 Å². The van der Waals surface area contributed by atoms with E-state index in [1.807, 2.05) is 0 Å². The molecule has 1 amide bonds. The quantitative estimate of drug-likeness (QED) is 0.723. The molecular formula is C15H24ClN3O2. The number of methoxy groups -OCH3 is 1. The first-order chi connectivity index (χ1) is 9.92. The molecule has 0 bridgehead atoms. The van der Waals surface area contributed by atoms with Crippen LogP contribution in [0.2, 0.25) is 5.02 Å². The number of anilines is 2. The number of nitrogen functional groups attached to an aromatic ring is 1. The summed E-state index contributed by atoms with van der Waals surface area (Å²) in [5, 5.41) is 3.25. The maximum Gasteiger partial charge on any atom is 0.238 e. The van der Waals surface area contributed by atoms with Crippen LogP contribution >= 0.6 is 11.6 Å². The van der Waals surface area contributed by atoms with Crippen molar-refractivity contribution in [2.75, 3.05) is 44.4 Å². The number of nitrogens with zero attached hydrogens (tertiary/aromatic N) is 1. The van der Waals surface area contributed by atoms with E-state index in [9.17, 15) is 4.79 Å². The van der Waals surface area contributed by atoms with E-state index in [0.29, 0.717) is 35.5 Å². The zero-order chi connectivity index (χ0) is 15.8. The second-order valence-electron chi connectivity index (χ2n) is 5.41. The van der Waals surface area contributed by atoms with Gasteiger partial charge in [-0.15, -0.1) is 0 Å². The summed E-state index contributed by atoms with van der Waals surface area (Å²) >= 11 is 6.05. The molecule has 0 fully saturated rings. The van der Waals surface area contributed by atoms with Gasteiger partial charge in [0.2, 0.25) is 5.91 Å². The third kappa shape index (κ3) is 6.80. The van der Waals surface area contributed by atoms with Gasteiger partial charge >= 0.3 is 0 Å². The first-order valence-corrected chi connectivity index (χ1v) is 7.36. The average molecular weight is 314 g/mol. The van der Waals surface area contributed by atoms with Crippen LogP contribution in [0.5, 0.6) is 0 Å². The number of benzene rings is 1. The highest BCUT2D eigenvalue weighted by Gasteiger charge is 2.13. The molecule has 21 heavy (non-hydrogen) atoms. The molecule has 0 heterocycles. The maximum atomic E-state index is 12.1. The first kappa shape index (κ1) is 17.8. The van der Waals surface area contributed by atoms with E-state index in [2.05, 4.69) is 24.1 Å².